The monoisotopic (exact) mass is 502 g/mol. The minimum Gasteiger partial charge on any atom is -0.748 e. The van der Waals surface area contributed by atoms with Crippen molar-refractivity contribution in [2.24, 2.45) is 0 Å². The summed E-state index contributed by atoms with van der Waals surface area (Å²) in [6, 6.07) is 13.3. The third-order valence-electron chi connectivity index (χ3n) is 5.70. The summed E-state index contributed by atoms with van der Waals surface area (Å²) in [4.78, 5) is 2.07. The summed E-state index contributed by atoms with van der Waals surface area (Å²) in [6.45, 7) is 5.37. The van der Waals surface area contributed by atoms with Crippen LogP contribution < -0.4 is 14.2 Å². The number of allylic oxidation sites excluding steroid dienone is 2. The molecule has 0 radical (unpaired) electrons. The zero-order chi connectivity index (χ0) is 24.3. The number of oxazole rings is 1. The Hall–Kier alpha value is -2.81. The number of aromatic nitrogens is 1. The fourth-order valence-corrected chi connectivity index (χ4v) is 4.73. The van der Waals surface area contributed by atoms with E-state index in [0.29, 0.717) is 30.3 Å². The number of aryl methyl sites for hydroxylation is 1. The topological polar surface area (TPSA) is 86.7 Å². The lowest BCUT2D eigenvalue weighted by atomic mass is 10.1. The summed E-state index contributed by atoms with van der Waals surface area (Å²) in [5.74, 6) is 1.77. The van der Waals surface area contributed by atoms with Gasteiger partial charge in [-0.2, -0.15) is 4.57 Å². The van der Waals surface area contributed by atoms with Crippen molar-refractivity contribution in [3.05, 3.63) is 70.9 Å². The quantitative estimate of drug-likeness (QED) is 0.225. The third kappa shape index (κ3) is 5.46. The van der Waals surface area contributed by atoms with Crippen molar-refractivity contribution in [1.29, 1.82) is 0 Å². The molecule has 4 rings (SSSR count). The molecular formula is C25H27ClN2O5S. The van der Waals surface area contributed by atoms with Gasteiger partial charge in [-0.1, -0.05) is 30.7 Å². The number of para-hydroxylation sites is 2. The molecule has 0 aliphatic carbocycles. The summed E-state index contributed by atoms with van der Waals surface area (Å²) in [7, 11) is -4.22. The Morgan fingerprint density at radius 3 is 2.71 bits per heavy atom. The highest BCUT2D eigenvalue weighted by atomic mass is 35.5. The summed E-state index contributed by atoms with van der Waals surface area (Å²) >= 11 is 6.19. The highest BCUT2D eigenvalue weighted by molar-refractivity contribution is 7.85. The number of nitrogens with zero attached hydrogens (tertiary/aromatic N) is 2. The van der Waals surface area contributed by atoms with E-state index in [4.69, 9.17) is 20.8 Å². The van der Waals surface area contributed by atoms with Crippen LogP contribution in [-0.4, -0.2) is 25.3 Å². The van der Waals surface area contributed by atoms with Gasteiger partial charge in [0.1, 0.15) is 0 Å². The van der Waals surface area contributed by atoms with Crippen molar-refractivity contribution in [2.45, 2.75) is 39.7 Å². The predicted molar refractivity (Wildman–Crippen MR) is 132 cm³/mol. The first-order valence-electron chi connectivity index (χ1n) is 11.3. The first kappa shape index (κ1) is 24.3. The minimum atomic E-state index is -4.22. The molecule has 7 nitrogen and oxygen atoms in total. The Morgan fingerprint density at radius 2 is 1.97 bits per heavy atom. The van der Waals surface area contributed by atoms with Crippen LogP contribution in [0.4, 0.5) is 5.69 Å². The standard InChI is InChI=1S/C25H27ClN2O5S/c1-3-18(15-24-27(4-2)21-17-19(26)11-12-23(21)33-24)16-25-28(13-7-8-14-34(29,30)31)20-9-5-6-10-22(20)32-25/h5-6,9-12,15-17H,3-4,7-8,13-14H2,1-2H3. The number of hydrogen-bond acceptors (Lipinski definition) is 6. The summed E-state index contributed by atoms with van der Waals surface area (Å²) < 4.78 is 47.1. The SMILES string of the molecule is CCC(/C=C1\Oc2ccc(Cl)cc2N1CC)=C\c1oc2ccccc2[n+]1CCCCS(=O)(=O)[O-]. The number of fused-ring (bicyclic) bond motifs is 2. The van der Waals surface area contributed by atoms with Crippen LogP contribution in [0.3, 0.4) is 0 Å². The smallest absolute Gasteiger partial charge is 0.374 e. The van der Waals surface area contributed by atoms with Crippen molar-refractivity contribution in [1.82, 2.24) is 0 Å². The van der Waals surface area contributed by atoms with E-state index < -0.39 is 10.1 Å². The van der Waals surface area contributed by atoms with E-state index >= 15 is 0 Å². The molecule has 0 N–H and O–H groups in total. The summed E-state index contributed by atoms with van der Waals surface area (Å²) in [5, 5.41) is 0.654. The molecule has 9 heteroatoms. The molecule has 180 valence electrons. The fraction of sp³-hybridized carbons (Fsp3) is 0.320. The van der Waals surface area contributed by atoms with E-state index in [0.717, 1.165) is 47.0 Å². The van der Waals surface area contributed by atoms with Crippen LogP contribution in [0.15, 0.2) is 64.4 Å². The lowest BCUT2D eigenvalue weighted by molar-refractivity contribution is -0.678. The van der Waals surface area contributed by atoms with Crippen LogP contribution in [0.5, 0.6) is 5.75 Å². The number of benzene rings is 2. The number of ether oxygens (including phenoxy) is 1. The molecule has 0 saturated carbocycles. The van der Waals surface area contributed by atoms with Crippen molar-refractivity contribution in [2.75, 3.05) is 17.2 Å². The first-order valence-corrected chi connectivity index (χ1v) is 13.3. The molecule has 0 saturated heterocycles. The Morgan fingerprint density at radius 1 is 1.18 bits per heavy atom. The van der Waals surface area contributed by atoms with Crippen LogP contribution in [-0.2, 0) is 16.7 Å². The van der Waals surface area contributed by atoms with Crippen molar-refractivity contribution in [3.8, 4) is 5.75 Å². The maximum absolute atomic E-state index is 11.0. The summed E-state index contributed by atoms with van der Waals surface area (Å²) in [5.41, 5.74) is 3.59. The number of anilines is 1. The Balaban J connectivity index is 1.65. The highest BCUT2D eigenvalue weighted by Gasteiger charge is 2.26. The van der Waals surface area contributed by atoms with Gasteiger partial charge in [0.2, 0.25) is 11.5 Å². The van der Waals surface area contributed by atoms with Crippen LogP contribution in [0.1, 0.15) is 39.0 Å². The van der Waals surface area contributed by atoms with Crippen LogP contribution >= 0.6 is 11.6 Å². The lowest BCUT2D eigenvalue weighted by Crippen LogP contribution is -2.35. The Bertz CT molecular complexity index is 1360. The van der Waals surface area contributed by atoms with Crippen molar-refractivity contribution < 1.29 is 26.7 Å². The van der Waals surface area contributed by atoms with E-state index in [-0.39, 0.29) is 5.75 Å². The molecule has 0 unspecified atom stereocenters. The minimum absolute atomic E-state index is 0.298. The Labute approximate surface area is 204 Å². The zero-order valence-corrected chi connectivity index (χ0v) is 20.7. The van der Waals surface area contributed by atoms with Crippen molar-refractivity contribution >= 4 is 44.6 Å². The van der Waals surface area contributed by atoms with Gasteiger partial charge in [-0.15, -0.1) is 0 Å². The maximum Gasteiger partial charge on any atom is 0.374 e. The second-order valence-corrected chi connectivity index (χ2v) is 10.0. The van der Waals surface area contributed by atoms with Crippen LogP contribution in [0.2, 0.25) is 5.02 Å². The second-order valence-electron chi connectivity index (χ2n) is 8.04. The Kier molecular flexibility index (Phi) is 7.30. The predicted octanol–water partition coefficient (Wildman–Crippen LogP) is 5.25. The molecule has 3 aromatic rings. The van der Waals surface area contributed by atoms with Gasteiger partial charge in [0.05, 0.1) is 21.9 Å². The van der Waals surface area contributed by atoms with Gasteiger partial charge in [-0.05, 0) is 49.6 Å². The number of unbranched alkanes of at least 4 members (excludes halogenated alkanes) is 1. The van der Waals surface area contributed by atoms with Gasteiger partial charge < -0.3 is 18.6 Å². The molecule has 0 spiro atoms. The van der Waals surface area contributed by atoms with Gasteiger partial charge in [0, 0.05) is 35.9 Å². The number of halogens is 1. The molecule has 0 bridgehead atoms. The molecule has 1 aliphatic rings. The second kappa shape index (κ2) is 10.2. The first-order chi connectivity index (χ1) is 16.3. The molecule has 0 atom stereocenters. The lowest BCUT2D eigenvalue weighted by Gasteiger charge is -2.16. The average molecular weight is 503 g/mol. The van der Waals surface area contributed by atoms with Gasteiger partial charge >= 0.3 is 5.89 Å². The van der Waals surface area contributed by atoms with E-state index in [2.05, 4.69) is 18.7 Å². The van der Waals surface area contributed by atoms with Gasteiger partial charge in [-0.25, -0.2) is 8.42 Å². The van der Waals surface area contributed by atoms with Gasteiger partial charge in [0.25, 0.3) is 5.52 Å². The zero-order valence-electron chi connectivity index (χ0n) is 19.2. The van der Waals surface area contributed by atoms with E-state index in [9.17, 15) is 13.0 Å². The molecule has 1 aromatic heterocycles. The molecule has 0 amide bonds. The summed E-state index contributed by atoms with van der Waals surface area (Å²) in [6.07, 6.45) is 5.56. The molecule has 2 aromatic carbocycles. The number of hydrogen-bond donors (Lipinski definition) is 0. The molecular weight excluding hydrogens is 476 g/mol. The van der Waals surface area contributed by atoms with Gasteiger partial charge in [0.15, 0.2) is 12.3 Å². The van der Waals surface area contributed by atoms with E-state index in [1.807, 2.05) is 59.2 Å². The fourth-order valence-electron chi connectivity index (χ4n) is 4.01. The molecule has 1 aliphatic heterocycles. The van der Waals surface area contributed by atoms with Gasteiger partial charge in [-0.3, -0.25) is 0 Å². The van der Waals surface area contributed by atoms with E-state index in [1.165, 1.54) is 0 Å². The van der Waals surface area contributed by atoms with E-state index in [1.54, 1.807) is 0 Å². The van der Waals surface area contributed by atoms with Crippen molar-refractivity contribution in [3.63, 3.8) is 0 Å². The third-order valence-corrected chi connectivity index (χ3v) is 6.72. The number of rotatable bonds is 9. The molecule has 34 heavy (non-hydrogen) atoms. The van der Waals surface area contributed by atoms with Crippen LogP contribution in [0.25, 0.3) is 17.2 Å². The average Bonchev–Trinajstić information content (AvgIpc) is 3.32. The molecule has 0 fully saturated rings. The normalized spacial score (nSPS) is 15.2. The highest BCUT2D eigenvalue weighted by Crippen LogP contribution is 2.40. The maximum atomic E-state index is 11.0. The molecule has 2 heterocycles. The largest absolute Gasteiger partial charge is 0.748 e. The van der Waals surface area contributed by atoms with Crippen LogP contribution in [0, 0.1) is 0 Å².